The van der Waals surface area contributed by atoms with E-state index in [4.69, 9.17) is 38.0 Å². The van der Waals surface area contributed by atoms with Crippen molar-refractivity contribution in [2.45, 2.75) is 45.9 Å². The average Bonchev–Trinajstić information content (AvgIpc) is 2.88. The summed E-state index contributed by atoms with van der Waals surface area (Å²) in [7, 11) is 1.52. The number of morpholine rings is 1. The maximum Gasteiger partial charge on any atom is 0.260 e. The van der Waals surface area contributed by atoms with E-state index in [2.05, 4.69) is 16.0 Å². The Morgan fingerprint density at radius 1 is 1.13 bits per heavy atom. The number of anilines is 1. The van der Waals surface area contributed by atoms with E-state index < -0.39 is 6.04 Å². The number of thiocarbonyl (C=S) groups is 1. The van der Waals surface area contributed by atoms with Gasteiger partial charge in [0.1, 0.15) is 0 Å². The topological polar surface area (TPSA) is 101 Å². The number of hydrogen-bond donors (Lipinski definition) is 3. The standard InChI is InChI=1S/C28H33ClN4O5S/c1-15-6-8-20(11-21(15)29)31-27(35)25-18(4)30-28(39)32-26(25)19-7-9-22(23(10-19)36-5)37-14-24(34)33-12-16(2)38-17(3)13-33/h6-11,16-17,26H,12-14H2,1-5H3,(H,31,35)(H2,30,32,39). The molecule has 3 unspecified atom stereocenters. The van der Waals surface area contributed by atoms with Crippen LogP contribution in [0.3, 0.4) is 0 Å². The van der Waals surface area contributed by atoms with E-state index in [9.17, 15) is 9.59 Å². The van der Waals surface area contributed by atoms with E-state index in [0.717, 1.165) is 11.1 Å². The number of aryl methyl sites for hydroxylation is 1. The number of hydrogen-bond acceptors (Lipinski definition) is 6. The Hall–Kier alpha value is -3.34. The van der Waals surface area contributed by atoms with E-state index in [0.29, 0.717) is 51.7 Å². The van der Waals surface area contributed by atoms with Crippen molar-refractivity contribution in [1.82, 2.24) is 15.5 Å². The quantitative estimate of drug-likeness (QED) is 0.426. The highest BCUT2D eigenvalue weighted by molar-refractivity contribution is 7.80. The minimum Gasteiger partial charge on any atom is -0.493 e. The number of methoxy groups -OCH3 is 1. The van der Waals surface area contributed by atoms with Gasteiger partial charge in [0.15, 0.2) is 23.2 Å². The average molecular weight is 573 g/mol. The molecule has 2 aliphatic heterocycles. The number of carbonyl (C=O) groups excluding carboxylic acids is 2. The van der Waals surface area contributed by atoms with Crippen molar-refractivity contribution < 1.29 is 23.8 Å². The third-order valence-electron chi connectivity index (χ3n) is 6.59. The van der Waals surface area contributed by atoms with Gasteiger partial charge in [-0.05, 0) is 75.3 Å². The fourth-order valence-electron chi connectivity index (χ4n) is 4.71. The van der Waals surface area contributed by atoms with Gasteiger partial charge in [0.05, 0.1) is 30.9 Å². The summed E-state index contributed by atoms with van der Waals surface area (Å²) in [6.07, 6.45) is -0.0537. The van der Waals surface area contributed by atoms with Gasteiger partial charge in [0.25, 0.3) is 11.8 Å². The summed E-state index contributed by atoms with van der Waals surface area (Å²) in [4.78, 5) is 27.9. The maximum atomic E-state index is 13.4. The minimum absolute atomic E-state index is 0.0269. The van der Waals surface area contributed by atoms with Crippen LogP contribution in [-0.2, 0) is 14.3 Å². The van der Waals surface area contributed by atoms with Crippen molar-refractivity contribution in [3.63, 3.8) is 0 Å². The van der Waals surface area contributed by atoms with Crippen molar-refractivity contribution in [3.05, 3.63) is 63.8 Å². The monoisotopic (exact) mass is 572 g/mol. The van der Waals surface area contributed by atoms with Gasteiger partial charge < -0.3 is 35.1 Å². The molecule has 0 saturated carbocycles. The molecule has 2 aromatic carbocycles. The summed E-state index contributed by atoms with van der Waals surface area (Å²) in [6, 6.07) is 10.1. The number of allylic oxidation sites excluding steroid dienone is 1. The van der Waals surface area contributed by atoms with Crippen LogP contribution in [0.25, 0.3) is 0 Å². The van der Waals surface area contributed by atoms with Gasteiger partial charge in [-0.25, -0.2) is 0 Å². The Kier molecular flexibility index (Phi) is 8.99. The molecule has 208 valence electrons. The Morgan fingerprint density at radius 3 is 2.51 bits per heavy atom. The molecule has 11 heteroatoms. The van der Waals surface area contributed by atoms with Crippen LogP contribution in [0.15, 0.2) is 47.7 Å². The first kappa shape index (κ1) is 28.7. The summed E-state index contributed by atoms with van der Waals surface area (Å²) in [5.74, 6) is 0.417. The number of nitrogens with zero attached hydrogens (tertiary/aromatic N) is 1. The fraction of sp³-hybridized carbons (Fsp3) is 0.393. The number of carbonyl (C=O) groups is 2. The highest BCUT2D eigenvalue weighted by atomic mass is 35.5. The Morgan fingerprint density at radius 2 is 1.85 bits per heavy atom. The van der Waals surface area contributed by atoms with Crippen molar-refractivity contribution in [1.29, 1.82) is 0 Å². The zero-order valence-electron chi connectivity index (χ0n) is 22.6. The molecule has 2 heterocycles. The van der Waals surface area contributed by atoms with Gasteiger partial charge in [-0.15, -0.1) is 0 Å². The lowest BCUT2D eigenvalue weighted by Gasteiger charge is -2.35. The summed E-state index contributed by atoms with van der Waals surface area (Å²) in [6.45, 7) is 8.50. The van der Waals surface area contributed by atoms with E-state index in [1.807, 2.05) is 32.9 Å². The van der Waals surface area contributed by atoms with Gasteiger partial charge >= 0.3 is 0 Å². The summed E-state index contributed by atoms with van der Waals surface area (Å²) < 4.78 is 17.1. The SMILES string of the molecule is COc1cc(C2NC(=S)NC(C)=C2C(=O)Nc2ccc(C)c(Cl)c2)ccc1OCC(=O)N1CC(C)OC(C)C1. The van der Waals surface area contributed by atoms with Gasteiger partial charge in [-0.2, -0.15) is 0 Å². The number of nitrogens with one attached hydrogen (secondary N) is 3. The van der Waals surface area contributed by atoms with Crippen LogP contribution in [0, 0.1) is 6.92 Å². The van der Waals surface area contributed by atoms with Crippen LogP contribution >= 0.6 is 23.8 Å². The molecule has 1 fully saturated rings. The van der Waals surface area contributed by atoms with E-state index in [-0.39, 0.29) is 30.6 Å². The number of ether oxygens (including phenoxy) is 3. The zero-order valence-corrected chi connectivity index (χ0v) is 24.2. The third-order valence-corrected chi connectivity index (χ3v) is 7.22. The Balaban J connectivity index is 1.53. The first-order valence-electron chi connectivity index (χ1n) is 12.7. The lowest BCUT2D eigenvalue weighted by molar-refractivity contribution is -0.145. The largest absolute Gasteiger partial charge is 0.493 e. The normalized spacial score (nSPS) is 21.1. The molecule has 1 saturated heterocycles. The number of benzene rings is 2. The molecule has 0 aliphatic carbocycles. The van der Waals surface area contributed by atoms with Crippen LogP contribution in [0.4, 0.5) is 5.69 Å². The van der Waals surface area contributed by atoms with Crippen LogP contribution in [0.5, 0.6) is 11.5 Å². The van der Waals surface area contributed by atoms with Crippen LogP contribution in [0.2, 0.25) is 5.02 Å². The van der Waals surface area contributed by atoms with Crippen molar-refractivity contribution in [3.8, 4) is 11.5 Å². The van der Waals surface area contributed by atoms with Crippen LogP contribution in [-0.4, -0.2) is 60.8 Å². The molecule has 2 aromatic rings. The highest BCUT2D eigenvalue weighted by Gasteiger charge is 2.31. The lowest BCUT2D eigenvalue weighted by atomic mass is 9.94. The summed E-state index contributed by atoms with van der Waals surface area (Å²) >= 11 is 11.6. The molecule has 3 N–H and O–H groups in total. The maximum absolute atomic E-state index is 13.4. The predicted octanol–water partition coefficient (Wildman–Crippen LogP) is 4.10. The molecule has 2 aliphatic rings. The molecule has 0 bridgehead atoms. The van der Waals surface area contributed by atoms with Gasteiger partial charge in [0.2, 0.25) is 0 Å². The molecular formula is C28H33ClN4O5S. The van der Waals surface area contributed by atoms with Gasteiger partial charge in [-0.3, -0.25) is 9.59 Å². The van der Waals surface area contributed by atoms with Crippen molar-refractivity contribution >= 4 is 46.4 Å². The van der Waals surface area contributed by atoms with Gasteiger partial charge in [0, 0.05) is 29.5 Å². The first-order chi connectivity index (χ1) is 18.5. The third kappa shape index (κ3) is 6.81. The number of halogens is 1. The number of rotatable bonds is 7. The second-order valence-corrected chi connectivity index (χ2v) is 10.6. The van der Waals surface area contributed by atoms with Crippen molar-refractivity contribution in [2.75, 3.05) is 32.1 Å². The Bertz CT molecular complexity index is 1310. The fourth-order valence-corrected chi connectivity index (χ4v) is 5.16. The number of amides is 2. The van der Waals surface area contributed by atoms with E-state index in [1.165, 1.54) is 7.11 Å². The molecule has 9 nitrogen and oxygen atoms in total. The summed E-state index contributed by atoms with van der Waals surface area (Å²) in [5.41, 5.74) is 3.31. The molecule has 3 atom stereocenters. The van der Waals surface area contributed by atoms with Crippen LogP contribution < -0.4 is 25.4 Å². The predicted molar refractivity (Wildman–Crippen MR) is 154 cm³/mol. The van der Waals surface area contributed by atoms with E-state index >= 15 is 0 Å². The lowest BCUT2D eigenvalue weighted by Crippen LogP contribution is -2.49. The van der Waals surface area contributed by atoms with Crippen LogP contribution in [0.1, 0.15) is 37.9 Å². The zero-order chi connectivity index (χ0) is 28.3. The van der Waals surface area contributed by atoms with Crippen molar-refractivity contribution in [2.24, 2.45) is 0 Å². The highest BCUT2D eigenvalue weighted by Crippen LogP contribution is 2.35. The molecule has 4 rings (SSSR count). The first-order valence-corrected chi connectivity index (χ1v) is 13.4. The second kappa shape index (κ2) is 12.2. The molecule has 0 radical (unpaired) electrons. The molecule has 0 spiro atoms. The molecule has 0 aromatic heterocycles. The molecule has 39 heavy (non-hydrogen) atoms. The Labute approximate surface area is 238 Å². The minimum atomic E-state index is -0.555. The molecular weight excluding hydrogens is 540 g/mol. The smallest absolute Gasteiger partial charge is 0.260 e. The second-order valence-electron chi connectivity index (χ2n) is 9.74. The van der Waals surface area contributed by atoms with Gasteiger partial charge in [-0.1, -0.05) is 23.7 Å². The summed E-state index contributed by atoms with van der Waals surface area (Å²) in [5, 5.41) is 10.1. The molecule has 2 amide bonds. The van der Waals surface area contributed by atoms with E-state index in [1.54, 1.807) is 36.1 Å².